The Labute approximate surface area is 80.3 Å². The summed E-state index contributed by atoms with van der Waals surface area (Å²) in [4.78, 5) is 15.3. The summed E-state index contributed by atoms with van der Waals surface area (Å²) in [6.45, 7) is 2.12. The van der Waals surface area contributed by atoms with Crippen LogP contribution in [0.25, 0.3) is 5.65 Å². The highest BCUT2D eigenvalue weighted by Gasteiger charge is 2.07. The molecule has 0 N–H and O–H groups in total. The van der Waals surface area contributed by atoms with Crippen LogP contribution in [0.2, 0.25) is 0 Å². The second-order valence-electron chi connectivity index (χ2n) is 2.69. The molecule has 0 aliphatic rings. The average molecular weight is 191 g/mol. The second-order valence-corrected chi connectivity index (χ2v) is 2.69. The van der Waals surface area contributed by atoms with Crippen molar-refractivity contribution in [3.63, 3.8) is 0 Å². The summed E-state index contributed by atoms with van der Waals surface area (Å²) in [5.74, 6) is -0.370. The van der Waals surface area contributed by atoms with Gasteiger partial charge in [-0.25, -0.2) is 14.3 Å². The zero-order valence-corrected chi connectivity index (χ0v) is 7.67. The first-order valence-corrected chi connectivity index (χ1v) is 4.28. The fourth-order valence-electron chi connectivity index (χ4n) is 1.14. The fourth-order valence-corrected chi connectivity index (χ4v) is 1.14. The van der Waals surface area contributed by atoms with Crippen molar-refractivity contribution in [1.82, 2.24) is 14.6 Å². The number of esters is 1. The molecule has 5 heteroatoms. The first kappa shape index (κ1) is 8.68. The molecule has 0 saturated carbocycles. The normalized spacial score (nSPS) is 10.4. The van der Waals surface area contributed by atoms with Gasteiger partial charge in [0.15, 0.2) is 5.65 Å². The van der Waals surface area contributed by atoms with E-state index >= 15 is 0 Å². The van der Waals surface area contributed by atoms with Gasteiger partial charge >= 0.3 is 5.97 Å². The lowest BCUT2D eigenvalue weighted by Crippen LogP contribution is -2.06. The molecule has 2 rings (SSSR count). The van der Waals surface area contributed by atoms with Crippen LogP contribution in [-0.4, -0.2) is 27.2 Å². The number of hydrogen-bond acceptors (Lipinski definition) is 4. The van der Waals surface area contributed by atoms with Crippen LogP contribution in [-0.2, 0) is 4.74 Å². The maximum absolute atomic E-state index is 11.3. The first-order valence-electron chi connectivity index (χ1n) is 4.28. The molecule has 72 valence electrons. The van der Waals surface area contributed by atoms with Gasteiger partial charge in [0.25, 0.3) is 0 Å². The van der Waals surface area contributed by atoms with Crippen LogP contribution in [0.15, 0.2) is 24.7 Å². The molecule has 0 amide bonds. The first-order chi connectivity index (χ1) is 6.81. The lowest BCUT2D eigenvalue weighted by molar-refractivity contribution is 0.0525. The van der Waals surface area contributed by atoms with Gasteiger partial charge in [-0.05, 0) is 13.0 Å². The zero-order chi connectivity index (χ0) is 9.97. The lowest BCUT2D eigenvalue weighted by atomic mass is 10.3. The van der Waals surface area contributed by atoms with E-state index in [2.05, 4.69) is 10.1 Å². The number of carbonyl (C=O) groups excluding carboxylic acids is 1. The molecule has 0 unspecified atom stereocenters. The standard InChI is InChI=1S/C9H9N3O2/c1-2-14-9(13)7-5-8-10-3-4-12(8)11-6-7/h3-6H,2H2,1H3. The third-order valence-electron chi connectivity index (χ3n) is 1.77. The Hall–Kier alpha value is -1.91. The number of nitrogens with zero attached hydrogens (tertiary/aromatic N) is 3. The van der Waals surface area contributed by atoms with E-state index in [0.29, 0.717) is 17.8 Å². The number of imidazole rings is 1. The summed E-state index contributed by atoms with van der Waals surface area (Å²) in [6, 6.07) is 1.64. The third-order valence-corrected chi connectivity index (χ3v) is 1.77. The van der Waals surface area contributed by atoms with E-state index < -0.39 is 0 Å². The number of fused-ring (bicyclic) bond motifs is 1. The highest BCUT2D eigenvalue weighted by molar-refractivity contribution is 5.89. The van der Waals surface area contributed by atoms with Crippen molar-refractivity contribution in [3.8, 4) is 0 Å². The van der Waals surface area contributed by atoms with Crippen molar-refractivity contribution in [2.75, 3.05) is 6.61 Å². The van der Waals surface area contributed by atoms with Crippen molar-refractivity contribution >= 4 is 11.6 Å². The van der Waals surface area contributed by atoms with E-state index in [1.54, 1.807) is 29.9 Å². The molecule has 2 aromatic rings. The average Bonchev–Trinajstić information content (AvgIpc) is 2.64. The molecule has 0 fully saturated rings. The molecule has 0 aromatic carbocycles. The van der Waals surface area contributed by atoms with Crippen LogP contribution in [0, 0.1) is 0 Å². The molecule has 0 atom stereocenters. The summed E-state index contributed by atoms with van der Waals surface area (Å²) in [6.07, 6.45) is 4.80. The summed E-state index contributed by atoms with van der Waals surface area (Å²) in [5.41, 5.74) is 1.06. The minimum absolute atomic E-state index is 0.360. The summed E-state index contributed by atoms with van der Waals surface area (Å²) in [7, 11) is 0. The Bertz CT molecular complexity index is 464. The maximum atomic E-state index is 11.3. The Morgan fingerprint density at radius 3 is 3.29 bits per heavy atom. The van der Waals surface area contributed by atoms with E-state index in [4.69, 9.17) is 4.74 Å². The molecule has 14 heavy (non-hydrogen) atoms. The van der Waals surface area contributed by atoms with Crippen LogP contribution in [0.5, 0.6) is 0 Å². The van der Waals surface area contributed by atoms with Crippen molar-refractivity contribution < 1.29 is 9.53 Å². The number of aromatic nitrogens is 3. The van der Waals surface area contributed by atoms with Crippen LogP contribution in [0.3, 0.4) is 0 Å². The Kier molecular flexibility index (Phi) is 2.14. The predicted octanol–water partition coefficient (Wildman–Crippen LogP) is 0.906. The largest absolute Gasteiger partial charge is 0.462 e. The Morgan fingerprint density at radius 2 is 2.50 bits per heavy atom. The van der Waals surface area contributed by atoms with Crippen LogP contribution < -0.4 is 0 Å². The molecule has 0 saturated heterocycles. The van der Waals surface area contributed by atoms with Gasteiger partial charge in [0.05, 0.1) is 18.4 Å². The van der Waals surface area contributed by atoms with Crippen molar-refractivity contribution in [2.24, 2.45) is 0 Å². The maximum Gasteiger partial charge on any atom is 0.339 e. The second kappa shape index (κ2) is 3.45. The van der Waals surface area contributed by atoms with Crippen molar-refractivity contribution in [3.05, 3.63) is 30.2 Å². The van der Waals surface area contributed by atoms with Gasteiger partial charge in [0.1, 0.15) is 0 Å². The van der Waals surface area contributed by atoms with Crippen LogP contribution in [0.4, 0.5) is 0 Å². The number of hydrogen-bond donors (Lipinski definition) is 0. The highest BCUT2D eigenvalue weighted by Crippen LogP contribution is 2.04. The van der Waals surface area contributed by atoms with Crippen molar-refractivity contribution in [2.45, 2.75) is 6.92 Å². The van der Waals surface area contributed by atoms with Gasteiger partial charge in [0, 0.05) is 12.4 Å². The minimum Gasteiger partial charge on any atom is -0.462 e. The SMILES string of the molecule is CCOC(=O)c1cnn2ccnc2c1. The lowest BCUT2D eigenvalue weighted by Gasteiger charge is -2.00. The number of ether oxygens (including phenoxy) is 1. The number of carbonyl (C=O) groups is 1. The van der Waals surface area contributed by atoms with Gasteiger partial charge in [-0.1, -0.05) is 0 Å². The topological polar surface area (TPSA) is 56.5 Å². The molecule has 0 aliphatic heterocycles. The molecular formula is C9H9N3O2. The molecular weight excluding hydrogens is 182 g/mol. The van der Waals surface area contributed by atoms with E-state index in [0.717, 1.165) is 0 Å². The quantitative estimate of drug-likeness (QED) is 0.662. The van der Waals surface area contributed by atoms with Gasteiger partial charge < -0.3 is 4.74 Å². The molecule has 5 nitrogen and oxygen atoms in total. The Morgan fingerprint density at radius 1 is 1.64 bits per heavy atom. The van der Waals surface area contributed by atoms with E-state index in [-0.39, 0.29) is 5.97 Å². The fraction of sp³-hybridized carbons (Fsp3) is 0.222. The molecule has 2 aromatic heterocycles. The third kappa shape index (κ3) is 1.44. The van der Waals surface area contributed by atoms with Crippen LogP contribution in [0.1, 0.15) is 17.3 Å². The molecule has 0 radical (unpaired) electrons. The molecule has 0 aliphatic carbocycles. The predicted molar refractivity (Wildman–Crippen MR) is 48.9 cm³/mol. The minimum atomic E-state index is -0.370. The van der Waals surface area contributed by atoms with Gasteiger partial charge in [-0.2, -0.15) is 5.10 Å². The Balaban J connectivity index is 2.38. The highest BCUT2D eigenvalue weighted by atomic mass is 16.5. The van der Waals surface area contributed by atoms with E-state index in [1.165, 1.54) is 6.20 Å². The summed E-state index contributed by atoms with van der Waals surface area (Å²) in [5, 5.41) is 4.00. The van der Waals surface area contributed by atoms with Crippen LogP contribution >= 0.6 is 0 Å². The smallest absolute Gasteiger partial charge is 0.339 e. The number of rotatable bonds is 2. The van der Waals surface area contributed by atoms with Gasteiger partial charge in [0.2, 0.25) is 0 Å². The monoisotopic (exact) mass is 191 g/mol. The van der Waals surface area contributed by atoms with Crippen molar-refractivity contribution in [1.29, 1.82) is 0 Å². The van der Waals surface area contributed by atoms with Gasteiger partial charge in [-0.15, -0.1) is 0 Å². The van der Waals surface area contributed by atoms with E-state index in [1.807, 2.05) is 0 Å². The van der Waals surface area contributed by atoms with E-state index in [9.17, 15) is 4.79 Å². The molecule has 0 bridgehead atoms. The summed E-state index contributed by atoms with van der Waals surface area (Å²) < 4.78 is 6.42. The van der Waals surface area contributed by atoms with Gasteiger partial charge in [-0.3, -0.25) is 0 Å². The zero-order valence-electron chi connectivity index (χ0n) is 7.67. The molecule has 2 heterocycles. The molecule has 0 spiro atoms. The summed E-state index contributed by atoms with van der Waals surface area (Å²) >= 11 is 0.